The number of hydrogen-bond donors (Lipinski definition) is 1. The maximum Gasteiger partial charge on any atom is 0.246 e. The van der Waals surface area contributed by atoms with E-state index >= 15 is 0 Å². The number of amides is 1. The summed E-state index contributed by atoms with van der Waals surface area (Å²) in [5, 5.41) is 2.91. The standard InChI is InChI=1S/C20H20FN3O2/c1-24-12-11-22-20(24)19(16-7-9-17(21)10-8-16)23-18(25)14-26-13-15-5-3-2-4-6-15/h2-12,19H,13-14H2,1H3,(H,23,25). The Morgan fingerprint density at radius 3 is 2.58 bits per heavy atom. The highest BCUT2D eigenvalue weighted by Gasteiger charge is 2.20. The van der Waals surface area contributed by atoms with Gasteiger partial charge in [0.05, 0.1) is 6.61 Å². The van der Waals surface area contributed by atoms with Crippen LogP contribution < -0.4 is 5.32 Å². The summed E-state index contributed by atoms with van der Waals surface area (Å²) >= 11 is 0. The van der Waals surface area contributed by atoms with Crippen LogP contribution in [0.1, 0.15) is 23.0 Å². The van der Waals surface area contributed by atoms with Gasteiger partial charge in [0.1, 0.15) is 24.3 Å². The molecule has 3 rings (SSSR count). The Labute approximate surface area is 151 Å². The molecule has 0 aliphatic carbocycles. The molecule has 1 aromatic heterocycles. The van der Waals surface area contributed by atoms with Gasteiger partial charge in [-0.1, -0.05) is 42.5 Å². The number of rotatable bonds is 7. The van der Waals surface area contributed by atoms with E-state index in [1.165, 1.54) is 12.1 Å². The number of imidazole rings is 1. The molecular formula is C20H20FN3O2. The molecule has 134 valence electrons. The lowest BCUT2D eigenvalue weighted by Gasteiger charge is -2.19. The zero-order valence-electron chi connectivity index (χ0n) is 14.4. The van der Waals surface area contributed by atoms with Gasteiger partial charge in [0.2, 0.25) is 5.91 Å². The van der Waals surface area contributed by atoms with Crippen molar-refractivity contribution in [1.29, 1.82) is 0 Å². The summed E-state index contributed by atoms with van der Waals surface area (Å²) in [6, 6.07) is 15.2. The number of carbonyl (C=O) groups excluding carboxylic acids is 1. The maximum absolute atomic E-state index is 13.2. The van der Waals surface area contributed by atoms with Gasteiger partial charge < -0.3 is 14.6 Å². The van der Waals surface area contributed by atoms with Crippen molar-refractivity contribution in [2.75, 3.05) is 6.61 Å². The van der Waals surface area contributed by atoms with Gasteiger partial charge >= 0.3 is 0 Å². The second kappa shape index (κ2) is 8.40. The average Bonchev–Trinajstić information content (AvgIpc) is 3.07. The fraction of sp³-hybridized carbons (Fsp3) is 0.200. The summed E-state index contributed by atoms with van der Waals surface area (Å²) in [7, 11) is 1.84. The smallest absolute Gasteiger partial charge is 0.246 e. The van der Waals surface area contributed by atoms with E-state index in [-0.39, 0.29) is 18.3 Å². The van der Waals surface area contributed by atoms with Gasteiger partial charge in [0.25, 0.3) is 0 Å². The van der Waals surface area contributed by atoms with Crippen molar-refractivity contribution in [3.8, 4) is 0 Å². The summed E-state index contributed by atoms with van der Waals surface area (Å²) in [6.45, 7) is 0.287. The lowest BCUT2D eigenvalue weighted by molar-refractivity contribution is -0.126. The summed E-state index contributed by atoms with van der Waals surface area (Å²) in [4.78, 5) is 16.7. The van der Waals surface area contributed by atoms with E-state index in [4.69, 9.17) is 4.74 Å². The summed E-state index contributed by atoms with van der Waals surface area (Å²) in [5.74, 6) is 0.0659. The largest absolute Gasteiger partial charge is 0.367 e. The third-order valence-electron chi connectivity index (χ3n) is 3.97. The minimum Gasteiger partial charge on any atom is -0.367 e. The van der Waals surface area contributed by atoms with Gasteiger partial charge in [0.15, 0.2) is 0 Å². The maximum atomic E-state index is 13.2. The number of carbonyl (C=O) groups is 1. The second-order valence-corrected chi connectivity index (χ2v) is 5.93. The number of nitrogens with zero attached hydrogens (tertiary/aromatic N) is 2. The molecule has 0 fully saturated rings. The molecule has 5 nitrogen and oxygen atoms in total. The van der Waals surface area contributed by atoms with Crippen molar-refractivity contribution < 1.29 is 13.9 Å². The first-order chi connectivity index (χ1) is 12.6. The zero-order chi connectivity index (χ0) is 18.4. The monoisotopic (exact) mass is 353 g/mol. The van der Waals surface area contributed by atoms with Crippen molar-refractivity contribution in [2.45, 2.75) is 12.6 Å². The van der Waals surface area contributed by atoms with Crippen LogP contribution in [0.2, 0.25) is 0 Å². The highest BCUT2D eigenvalue weighted by Crippen LogP contribution is 2.20. The molecule has 0 saturated carbocycles. The molecule has 2 aromatic carbocycles. The Kier molecular flexibility index (Phi) is 5.76. The first-order valence-electron chi connectivity index (χ1n) is 8.27. The summed E-state index contributed by atoms with van der Waals surface area (Å²) in [5.41, 5.74) is 1.75. The number of aryl methyl sites for hydroxylation is 1. The van der Waals surface area contributed by atoms with E-state index in [1.54, 1.807) is 24.5 Å². The van der Waals surface area contributed by atoms with Crippen molar-refractivity contribution >= 4 is 5.91 Å². The topological polar surface area (TPSA) is 56.2 Å². The Morgan fingerprint density at radius 2 is 1.92 bits per heavy atom. The van der Waals surface area contributed by atoms with Gasteiger partial charge in [0, 0.05) is 19.4 Å². The van der Waals surface area contributed by atoms with E-state index in [1.807, 2.05) is 41.9 Å². The zero-order valence-corrected chi connectivity index (χ0v) is 14.4. The molecule has 1 atom stereocenters. The van der Waals surface area contributed by atoms with Gasteiger partial charge in [-0.25, -0.2) is 9.37 Å². The molecule has 0 radical (unpaired) electrons. The van der Waals surface area contributed by atoms with Crippen molar-refractivity contribution in [1.82, 2.24) is 14.9 Å². The lowest BCUT2D eigenvalue weighted by Crippen LogP contribution is -2.33. The first kappa shape index (κ1) is 17.8. The number of ether oxygens (including phenoxy) is 1. The molecule has 0 bridgehead atoms. The normalized spacial score (nSPS) is 11.9. The van der Waals surface area contributed by atoms with Crippen LogP contribution in [0.4, 0.5) is 4.39 Å². The van der Waals surface area contributed by atoms with E-state index in [2.05, 4.69) is 10.3 Å². The Bertz CT molecular complexity index is 847. The molecule has 0 aliphatic rings. The van der Waals surface area contributed by atoms with Crippen LogP contribution in [0.3, 0.4) is 0 Å². The SMILES string of the molecule is Cn1ccnc1C(NC(=O)COCc1ccccc1)c1ccc(F)cc1. The van der Waals surface area contributed by atoms with Crippen LogP contribution in [-0.2, 0) is 23.2 Å². The molecule has 1 amide bonds. The molecular weight excluding hydrogens is 333 g/mol. The fourth-order valence-corrected chi connectivity index (χ4v) is 2.65. The van der Waals surface area contributed by atoms with Crippen LogP contribution in [0.5, 0.6) is 0 Å². The molecule has 0 aliphatic heterocycles. The van der Waals surface area contributed by atoms with Crippen molar-refractivity contribution in [2.24, 2.45) is 7.05 Å². The molecule has 0 saturated heterocycles. The number of aromatic nitrogens is 2. The van der Waals surface area contributed by atoms with Crippen LogP contribution in [-0.4, -0.2) is 22.1 Å². The fourth-order valence-electron chi connectivity index (χ4n) is 2.65. The highest BCUT2D eigenvalue weighted by atomic mass is 19.1. The molecule has 1 unspecified atom stereocenters. The summed E-state index contributed by atoms with van der Waals surface area (Å²) < 4.78 is 20.5. The van der Waals surface area contributed by atoms with Crippen LogP contribution in [0, 0.1) is 5.82 Å². The minimum atomic E-state index is -0.483. The Balaban J connectivity index is 1.66. The third-order valence-corrected chi connectivity index (χ3v) is 3.97. The van der Waals surface area contributed by atoms with E-state index in [9.17, 15) is 9.18 Å². The predicted molar refractivity (Wildman–Crippen MR) is 95.7 cm³/mol. The molecule has 1 N–H and O–H groups in total. The quantitative estimate of drug-likeness (QED) is 0.710. The number of halogens is 1. The van der Waals surface area contributed by atoms with Crippen LogP contribution >= 0.6 is 0 Å². The predicted octanol–water partition coefficient (Wildman–Crippen LogP) is 2.98. The van der Waals surface area contributed by atoms with Gasteiger partial charge in [-0.15, -0.1) is 0 Å². The Hall–Kier alpha value is -2.99. The molecule has 3 aromatic rings. The summed E-state index contributed by atoms with van der Waals surface area (Å²) in [6.07, 6.45) is 3.45. The van der Waals surface area contributed by atoms with Gasteiger partial charge in [-0.05, 0) is 23.3 Å². The highest BCUT2D eigenvalue weighted by molar-refractivity contribution is 5.78. The van der Waals surface area contributed by atoms with Gasteiger partial charge in [-0.3, -0.25) is 4.79 Å². The minimum absolute atomic E-state index is 0.0724. The number of nitrogens with one attached hydrogen (secondary N) is 1. The van der Waals surface area contributed by atoms with Crippen molar-refractivity contribution in [3.05, 3.63) is 89.8 Å². The van der Waals surface area contributed by atoms with Gasteiger partial charge in [-0.2, -0.15) is 0 Å². The second-order valence-electron chi connectivity index (χ2n) is 5.93. The third kappa shape index (κ3) is 4.55. The first-order valence-corrected chi connectivity index (χ1v) is 8.27. The van der Waals surface area contributed by atoms with E-state index < -0.39 is 6.04 Å². The van der Waals surface area contributed by atoms with Crippen LogP contribution in [0.25, 0.3) is 0 Å². The molecule has 0 spiro atoms. The molecule has 6 heteroatoms. The van der Waals surface area contributed by atoms with Crippen LogP contribution in [0.15, 0.2) is 67.0 Å². The number of benzene rings is 2. The van der Waals surface area contributed by atoms with E-state index in [0.29, 0.717) is 12.4 Å². The lowest BCUT2D eigenvalue weighted by atomic mass is 10.1. The molecule has 1 heterocycles. The Morgan fingerprint density at radius 1 is 1.19 bits per heavy atom. The van der Waals surface area contributed by atoms with Crippen molar-refractivity contribution in [3.63, 3.8) is 0 Å². The number of hydrogen-bond acceptors (Lipinski definition) is 3. The van der Waals surface area contributed by atoms with E-state index in [0.717, 1.165) is 11.1 Å². The molecule has 26 heavy (non-hydrogen) atoms. The average molecular weight is 353 g/mol.